The van der Waals surface area contributed by atoms with E-state index in [4.69, 9.17) is 27.9 Å². The van der Waals surface area contributed by atoms with Crippen LogP contribution in [0.4, 0.5) is 0 Å². The van der Waals surface area contributed by atoms with Gasteiger partial charge in [-0.05, 0) is 41.3 Å². The van der Waals surface area contributed by atoms with Crippen molar-refractivity contribution in [3.05, 3.63) is 105 Å². The van der Waals surface area contributed by atoms with Crippen molar-refractivity contribution in [3.63, 3.8) is 0 Å². The molecule has 0 amide bonds. The van der Waals surface area contributed by atoms with Crippen molar-refractivity contribution < 1.29 is 19.4 Å². The van der Waals surface area contributed by atoms with E-state index in [2.05, 4.69) is 0 Å². The summed E-state index contributed by atoms with van der Waals surface area (Å²) in [7, 11) is 0. The third kappa shape index (κ3) is 5.38. The maximum atomic E-state index is 12.3. The molecule has 168 valence electrons. The monoisotopic (exact) mass is 481 g/mol. The van der Waals surface area contributed by atoms with Gasteiger partial charge in [-0.2, -0.15) is 0 Å². The first kappa shape index (κ1) is 22.9. The summed E-state index contributed by atoms with van der Waals surface area (Å²) in [5, 5.41) is 11.3. The number of nitrogens with zero attached hydrogens (tertiary/aromatic N) is 1. The number of rotatable bonds is 8. The smallest absolute Gasteiger partial charge is 0.336 e. The Bertz CT molecular complexity index is 1310. The van der Waals surface area contributed by atoms with Crippen LogP contribution in [0, 0.1) is 0 Å². The molecule has 0 saturated heterocycles. The van der Waals surface area contributed by atoms with Gasteiger partial charge in [0.05, 0.1) is 16.1 Å². The average molecular weight is 482 g/mol. The van der Waals surface area contributed by atoms with E-state index in [1.165, 1.54) is 0 Å². The lowest BCUT2D eigenvalue weighted by Crippen LogP contribution is -2.07. The highest BCUT2D eigenvalue weighted by molar-refractivity contribution is 6.38. The van der Waals surface area contributed by atoms with Gasteiger partial charge in [-0.3, -0.25) is 4.79 Å². The summed E-state index contributed by atoms with van der Waals surface area (Å²) in [5.41, 5.74) is 3.47. The molecule has 1 heterocycles. The van der Waals surface area contributed by atoms with Gasteiger partial charge in [-0.15, -0.1) is 0 Å². The molecule has 0 aliphatic heterocycles. The number of benzene rings is 3. The molecule has 7 heteroatoms. The average Bonchev–Trinajstić information content (AvgIpc) is 3.14. The number of aromatic carboxylic acids is 1. The van der Waals surface area contributed by atoms with Gasteiger partial charge in [0.25, 0.3) is 0 Å². The third-order valence-corrected chi connectivity index (χ3v) is 5.92. The van der Waals surface area contributed by atoms with Crippen LogP contribution in [0.15, 0.2) is 72.9 Å². The fraction of sp³-hybridized carbons (Fsp3) is 0.154. The summed E-state index contributed by atoms with van der Waals surface area (Å²) >= 11 is 12.8. The lowest BCUT2D eigenvalue weighted by Gasteiger charge is -2.09. The van der Waals surface area contributed by atoms with E-state index in [9.17, 15) is 14.7 Å². The molecule has 33 heavy (non-hydrogen) atoms. The molecule has 3 aromatic carbocycles. The molecule has 0 fully saturated rings. The molecule has 0 atom stereocenters. The van der Waals surface area contributed by atoms with Crippen LogP contribution in [0.1, 0.15) is 33.5 Å². The molecular weight excluding hydrogens is 461 g/mol. The summed E-state index contributed by atoms with van der Waals surface area (Å²) < 4.78 is 7.31. The van der Waals surface area contributed by atoms with Crippen molar-refractivity contribution in [2.45, 2.75) is 26.0 Å². The Morgan fingerprint density at radius 1 is 0.939 bits per heavy atom. The Morgan fingerprint density at radius 3 is 2.42 bits per heavy atom. The Labute approximate surface area is 201 Å². The highest BCUT2D eigenvalue weighted by atomic mass is 35.5. The molecular formula is C26H21Cl2NO4. The fourth-order valence-corrected chi connectivity index (χ4v) is 4.45. The standard InChI is InChI=1S/C26H21Cl2NO4/c27-20-12-22(28)25-19(10-11-24(30)33-16-17-6-2-1-3-7-17)15-29(23(25)13-20)14-18-8-4-5-9-21(18)26(31)32/h1-9,12-13,15H,10-11,14,16H2,(H,31,32). The van der Waals surface area contributed by atoms with Crippen LogP contribution in [0.5, 0.6) is 0 Å². The van der Waals surface area contributed by atoms with E-state index in [0.717, 1.165) is 22.0 Å². The molecule has 1 N–H and O–H groups in total. The van der Waals surface area contributed by atoms with Gasteiger partial charge < -0.3 is 14.4 Å². The molecule has 4 aromatic rings. The number of carbonyl (C=O) groups excluding carboxylic acids is 1. The topological polar surface area (TPSA) is 68.5 Å². The van der Waals surface area contributed by atoms with Crippen LogP contribution in [0.3, 0.4) is 0 Å². The number of fused-ring (bicyclic) bond motifs is 1. The van der Waals surface area contributed by atoms with Crippen molar-refractivity contribution in [3.8, 4) is 0 Å². The molecule has 0 aliphatic rings. The van der Waals surface area contributed by atoms with Crippen molar-refractivity contribution in [2.24, 2.45) is 0 Å². The second kappa shape index (κ2) is 10.1. The predicted molar refractivity (Wildman–Crippen MR) is 129 cm³/mol. The predicted octanol–water partition coefficient (Wildman–Crippen LogP) is 6.37. The Hall–Kier alpha value is -3.28. The molecule has 0 bridgehead atoms. The second-order valence-electron chi connectivity index (χ2n) is 7.67. The second-order valence-corrected chi connectivity index (χ2v) is 8.52. The summed E-state index contributed by atoms with van der Waals surface area (Å²) in [6.07, 6.45) is 2.52. The molecule has 4 rings (SSSR count). The lowest BCUT2D eigenvalue weighted by molar-refractivity contribution is -0.144. The number of carboxylic acids is 1. The van der Waals surface area contributed by atoms with E-state index in [1.807, 2.05) is 41.1 Å². The first-order valence-corrected chi connectivity index (χ1v) is 11.2. The molecule has 0 radical (unpaired) electrons. The first-order valence-electron chi connectivity index (χ1n) is 10.4. The number of hydrogen-bond acceptors (Lipinski definition) is 3. The number of halogens is 2. The first-order chi connectivity index (χ1) is 15.9. The lowest BCUT2D eigenvalue weighted by atomic mass is 10.1. The minimum absolute atomic E-state index is 0.191. The molecule has 0 unspecified atom stereocenters. The van der Waals surface area contributed by atoms with E-state index in [1.54, 1.807) is 36.4 Å². The number of carbonyl (C=O) groups is 2. The fourth-order valence-electron chi connectivity index (χ4n) is 3.84. The molecule has 1 aromatic heterocycles. The number of hydrogen-bond donors (Lipinski definition) is 1. The molecule has 0 spiro atoms. The highest BCUT2D eigenvalue weighted by Gasteiger charge is 2.17. The number of ether oxygens (including phenoxy) is 1. The Kier molecular flexibility index (Phi) is 7.02. The zero-order chi connectivity index (χ0) is 23.4. The van der Waals surface area contributed by atoms with Crippen LogP contribution >= 0.6 is 23.2 Å². The van der Waals surface area contributed by atoms with Crippen molar-refractivity contribution in [1.29, 1.82) is 0 Å². The summed E-state index contributed by atoms with van der Waals surface area (Å²) in [6.45, 7) is 0.553. The van der Waals surface area contributed by atoms with E-state index in [0.29, 0.717) is 28.6 Å². The van der Waals surface area contributed by atoms with E-state index >= 15 is 0 Å². The number of aromatic nitrogens is 1. The van der Waals surface area contributed by atoms with Crippen LogP contribution in [0.25, 0.3) is 10.9 Å². The normalized spacial score (nSPS) is 11.0. The van der Waals surface area contributed by atoms with Gasteiger partial charge in [0.1, 0.15) is 6.61 Å². The van der Waals surface area contributed by atoms with Gasteiger partial charge in [-0.25, -0.2) is 4.79 Å². The number of aryl methyl sites for hydroxylation is 1. The van der Waals surface area contributed by atoms with Gasteiger partial charge in [-0.1, -0.05) is 71.7 Å². The molecule has 0 aliphatic carbocycles. The third-order valence-electron chi connectivity index (χ3n) is 5.41. The largest absolute Gasteiger partial charge is 0.478 e. The van der Waals surface area contributed by atoms with Crippen LogP contribution in [-0.2, 0) is 29.1 Å². The van der Waals surface area contributed by atoms with Crippen molar-refractivity contribution >= 4 is 46.0 Å². The maximum Gasteiger partial charge on any atom is 0.336 e. The SMILES string of the molecule is O=C(CCc1cn(Cc2ccccc2C(=O)O)c2cc(Cl)cc(Cl)c12)OCc1ccccc1. The summed E-state index contributed by atoms with van der Waals surface area (Å²) in [6, 6.07) is 19.8. The number of carboxylic acid groups (broad SMARTS) is 1. The van der Waals surface area contributed by atoms with Gasteiger partial charge in [0, 0.05) is 29.6 Å². The highest BCUT2D eigenvalue weighted by Crippen LogP contribution is 2.33. The zero-order valence-corrected chi connectivity index (χ0v) is 19.1. The number of esters is 1. The quantitative estimate of drug-likeness (QED) is 0.296. The van der Waals surface area contributed by atoms with E-state index < -0.39 is 5.97 Å². The minimum atomic E-state index is -0.987. The van der Waals surface area contributed by atoms with Crippen molar-refractivity contribution in [1.82, 2.24) is 4.57 Å². The van der Waals surface area contributed by atoms with Crippen LogP contribution in [0.2, 0.25) is 10.0 Å². The van der Waals surface area contributed by atoms with E-state index in [-0.39, 0.29) is 24.6 Å². The molecule has 0 saturated carbocycles. The minimum Gasteiger partial charge on any atom is -0.478 e. The summed E-state index contributed by atoms with van der Waals surface area (Å²) in [5.74, 6) is -1.29. The van der Waals surface area contributed by atoms with Crippen LogP contribution < -0.4 is 0 Å². The Balaban J connectivity index is 1.57. The zero-order valence-electron chi connectivity index (χ0n) is 17.6. The van der Waals surface area contributed by atoms with Gasteiger partial charge >= 0.3 is 11.9 Å². The van der Waals surface area contributed by atoms with Crippen molar-refractivity contribution in [2.75, 3.05) is 0 Å². The molecule has 5 nitrogen and oxygen atoms in total. The Morgan fingerprint density at radius 2 is 1.67 bits per heavy atom. The van der Waals surface area contributed by atoms with Gasteiger partial charge in [0.15, 0.2) is 0 Å². The van der Waals surface area contributed by atoms with Gasteiger partial charge in [0.2, 0.25) is 0 Å². The summed E-state index contributed by atoms with van der Waals surface area (Å²) in [4.78, 5) is 24.0. The maximum absolute atomic E-state index is 12.3. The van der Waals surface area contributed by atoms with Crippen LogP contribution in [-0.4, -0.2) is 21.6 Å².